The van der Waals surface area contributed by atoms with Gasteiger partial charge in [-0.3, -0.25) is 4.79 Å². The van der Waals surface area contributed by atoms with Gasteiger partial charge in [0.2, 0.25) is 5.91 Å². The zero-order chi connectivity index (χ0) is 9.14. The summed E-state index contributed by atoms with van der Waals surface area (Å²) in [7, 11) is 1.33. The highest BCUT2D eigenvalue weighted by atomic mass is 16.5. The summed E-state index contributed by atoms with van der Waals surface area (Å²) in [6, 6.07) is -0.424. The number of rotatable bonds is 3. The molecule has 1 N–H and O–H groups in total. The van der Waals surface area contributed by atoms with E-state index in [1.807, 2.05) is 0 Å². The van der Waals surface area contributed by atoms with Gasteiger partial charge in [0.25, 0.3) is 0 Å². The second-order valence-electron chi connectivity index (χ2n) is 3.04. The first-order valence-corrected chi connectivity index (χ1v) is 4.00. The van der Waals surface area contributed by atoms with Crippen molar-refractivity contribution >= 4 is 11.9 Å². The average Bonchev–Trinajstić information content (AvgIpc) is 2.81. The van der Waals surface area contributed by atoms with Crippen molar-refractivity contribution in [2.75, 3.05) is 7.11 Å². The third-order valence-corrected chi connectivity index (χ3v) is 1.91. The van der Waals surface area contributed by atoms with Crippen LogP contribution in [0.15, 0.2) is 0 Å². The molecule has 0 aromatic heterocycles. The van der Waals surface area contributed by atoms with Crippen molar-refractivity contribution in [1.82, 2.24) is 5.32 Å². The number of hydrogen-bond donors (Lipinski definition) is 1. The first-order valence-electron chi connectivity index (χ1n) is 4.00. The molecule has 0 heterocycles. The van der Waals surface area contributed by atoms with Gasteiger partial charge in [-0.15, -0.1) is 0 Å². The highest BCUT2D eigenvalue weighted by Crippen LogP contribution is 2.33. The lowest BCUT2D eigenvalue weighted by Crippen LogP contribution is -2.41. The molecule has 1 saturated carbocycles. The lowest BCUT2D eigenvalue weighted by Gasteiger charge is -2.13. The fourth-order valence-corrected chi connectivity index (χ4v) is 1.14. The number of amides is 1. The molecule has 0 bridgehead atoms. The molecule has 1 atom stereocenters. The Morgan fingerprint density at radius 1 is 1.50 bits per heavy atom. The summed E-state index contributed by atoms with van der Waals surface area (Å²) in [5, 5.41) is 2.58. The maximum atomic E-state index is 11.1. The molecule has 0 saturated heterocycles. The monoisotopic (exact) mass is 171 g/mol. The molecular weight excluding hydrogens is 158 g/mol. The Labute approximate surface area is 71.3 Å². The van der Waals surface area contributed by atoms with Crippen molar-refractivity contribution in [2.45, 2.75) is 25.8 Å². The quantitative estimate of drug-likeness (QED) is 0.611. The van der Waals surface area contributed by atoms with Crippen LogP contribution in [0, 0.1) is 5.92 Å². The van der Waals surface area contributed by atoms with Crippen LogP contribution in [0.1, 0.15) is 19.8 Å². The van der Waals surface area contributed by atoms with E-state index in [4.69, 9.17) is 0 Å². The van der Waals surface area contributed by atoms with Crippen LogP contribution in [0.25, 0.3) is 0 Å². The number of carbonyl (C=O) groups is 2. The van der Waals surface area contributed by atoms with E-state index in [1.165, 1.54) is 14.0 Å². The van der Waals surface area contributed by atoms with Gasteiger partial charge in [-0.25, -0.2) is 4.79 Å². The van der Waals surface area contributed by atoms with Gasteiger partial charge in [-0.2, -0.15) is 0 Å². The molecule has 0 aromatic rings. The van der Waals surface area contributed by atoms with Gasteiger partial charge < -0.3 is 10.1 Å². The number of hydrogen-bond acceptors (Lipinski definition) is 3. The Bertz CT molecular complexity index is 198. The summed E-state index contributed by atoms with van der Waals surface area (Å²) >= 11 is 0. The number of ether oxygens (including phenoxy) is 1. The topological polar surface area (TPSA) is 55.4 Å². The fraction of sp³-hybridized carbons (Fsp3) is 0.750. The van der Waals surface area contributed by atoms with Crippen LogP contribution >= 0.6 is 0 Å². The molecule has 1 aliphatic rings. The van der Waals surface area contributed by atoms with Crippen LogP contribution in [0.3, 0.4) is 0 Å². The van der Waals surface area contributed by atoms with Gasteiger partial charge in [-0.05, 0) is 18.8 Å². The Hall–Kier alpha value is -1.06. The zero-order valence-corrected chi connectivity index (χ0v) is 7.29. The van der Waals surface area contributed by atoms with E-state index in [2.05, 4.69) is 10.1 Å². The first-order chi connectivity index (χ1) is 5.65. The molecule has 0 aliphatic heterocycles. The zero-order valence-electron chi connectivity index (χ0n) is 7.29. The third kappa shape index (κ3) is 2.22. The Balaban J connectivity index is 2.48. The minimum atomic E-state index is -0.424. The molecule has 0 spiro atoms. The van der Waals surface area contributed by atoms with Gasteiger partial charge in [0, 0.05) is 6.92 Å². The predicted octanol–water partition coefficient (Wildman–Crippen LogP) is 0.0741. The Kier molecular flexibility index (Phi) is 2.68. The Morgan fingerprint density at radius 3 is 2.42 bits per heavy atom. The smallest absolute Gasteiger partial charge is 0.328 e. The maximum absolute atomic E-state index is 11.1. The van der Waals surface area contributed by atoms with Gasteiger partial charge in [0.1, 0.15) is 6.04 Å². The van der Waals surface area contributed by atoms with Crippen molar-refractivity contribution in [3.8, 4) is 0 Å². The van der Waals surface area contributed by atoms with Gasteiger partial charge >= 0.3 is 5.97 Å². The second-order valence-corrected chi connectivity index (χ2v) is 3.04. The Morgan fingerprint density at radius 2 is 2.08 bits per heavy atom. The average molecular weight is 171 g/mol. The fourth-order valence-electron chi connectivity index (χ4n) is 1.14. The minimum Gasteiger partial charge on any atom is -0.467 e. The molecule has 0 radical (unpaired) electrons. The summed E-state index contributed by atoms with van der Waals surface area (Å²) in [6.45, 7) is 1.40. The molecule has 0 unspecified atom stereocenters. The van der Waals surface area contributed by atoms with Crippen molar-refractivity contribution in [2.24, 2.45) is 5.92 Å². The normalized spacial score (nSPS) is 18.2. The summed E-state index contributed by atoms with van der Waals surface area (Å²) in [5.41, 5.74) is 0. The van der Waals surface area contributed by atoms with Crippen LogP contribution in [-0.2, 0) is 14.3 Å². The highest BCUT2D eigenvalue weighted by molar-refractivity contribution is 5.83. The lowest BCUT2D eigenvalue weighted by atomic mass is 10.2. The van der Waals surface area contributed by atoms with Crippen LogP contribution in [0.4, 0.5) is 0 Å². The third-order valence-electron chi connectivity index (χ3n) is 1.91. The van der Waals surface area contributed by atoms with Gasteiger partial charge in [0.05, 0.1) is 7.11 Å². The molecule has 68 valence electrons. The second kappa shape index (κ2) is 3.56. The molecule has 1 aliphatic carbocycles. The summed E-state index contributed by atoms with van der Waals surface area (Å²) in [4.78, 5) is 21.8. The minimum absolute atomic E-state index is 0.183. The molecule has 0 aromatic carbocycles. The largest absolute Gasteiger partial charge is 0.467 e. The van der Waals surface area contributed by atoms with E-state index in [0.717, 1.165) is 12.8 Å². The van der Waals surface area contributed by atoms with Gasteiger partial charge in [0.15, 0.2) is 0 Å². The van der Waals surface area contributed by atoms with Crippen molar-refractivity contribution in [3.63, 3.8) is 0 Å². The highest BCUT2D eigenvalue weighted by Gasteiger charge is 2.37. The van der Waals surface area contributed by atoms with Crippen LogP contribution in [0.5, 0.6) is 0 Å². The number of nitrogens with one attached hydrogen (secondary N) is 1. The van der Waals surface area contributed by atoms with E-state index < -0.39 is 6.04 Å². The molecule has 12 heavy (non-hydrogen) atoms. The van der Waals surface area contributed by atoms with Crippen molar-refractivity contribution in [3.05, 3.63) is 0 Å². The van der Waals surface area contributed by atoms with Crippen LogP contribution in [0.2, 0.25) is 0 Å². The van der Waals surface area contributed by atoms with E-state index in [-0.39, 0.29) is 11.9 Å². The summed E-state index contributed by atoms with van der Waals surface area (Å²) < 4.78 is 4.56. The van der Waals surface area contributed by atoms with Gasteiger partial charge in [-0.1, -0.05) is 0 Å². The molecule has 4 heteroatoms. The summed E-state index contributed by atoms with van der Waals surface area (Å²) in [5.74, 6) is -0.230. The van der Waals surface area contributed by atoms with Crippen LogP contribution in [-0.4, -0.2) is 25.0 Å². The molecular formula is C8H13NO3. The van der Waals surface area contributed by atoms with Crippen molar-refractivity contribution in [1.29, 1.82) is 0 Å². The number of methoxy groups -OCH3 is 1. The SMILES string of the molecule is COC(=O)[C@@H](NC(C)=O)C1CC1. The molecule has 1 amide bonds. The van der Waals surface area contributed by atoms with E-state index in [0.29, 0.717) is 5.92 Å². The first kappa shape index (κ1) is 9.03. The van der Waals surface area contributed by atoms with Crippen LogP contribution < -0.4 is 5.32 Å². The molecule has 4 nitrogen and oxygen atoms in total. The standard InChI is InChI=1S/C8H13NO3/c1-5(10)9-7(6-3-4-6)8(11)12-2/h6-7H,3-4H2,1-2H3,(H,9,10)/t7-/m0/s1. The molecule has 1 rings (SSSR count). The number of carbonyl (C=O) groups excluding carboxylic acids is 2. The van der Waals surface area contributed by atoms with E-state index in [9.17, 15) is 9.59 Å². The van der Waals surface area contributed by atoms with Crippen molar-refractivity contribution < 1.29 is 14.3 Å². The number of esters is 1. The predicted molar refractivity (Wildman–Crippen MR) is 42.3 cm³/mol. The summed E-state index contributed by atoms with van der Waals surface area (Å²) in [6.07, 6.45) is 2.00. The lowest BCUT2D eigenvalue weighted by molar-refractivity contribution is -0.145. The van der Waals surface area contributed by atoms with E-state index in [1.54, 1.807) is 0 Å². The maximum Gasteiger partial charge on any atom is 0.328 e. The molecule has 1 fully saturated rings. The van der Waals surface area contributed by atoms with E-state index >= 15 is 0 Å².